The second-order valence-corrected chi connectivity index (χ2v) is 5.27. The number of ether oxygens (including phenoxy) is 1. The Morgan fingerprint density at radius 3 is 2.47 bits per heavy atom. The number of carbonyl (C=O) groups is 2. The zero-order chi connectivity index (χ0) is 11.6. The fourth-order valence-electron chi connectivity index (χ4n) is 2.01. The fourth-order valence-corrected chi connectivity index (χ4v) is 2.01. The third-order valence-corrected chi connectivity index (χ3v) is 3.15. The molecule has 0 bridgehead atoms. The van der Waals surface area contributed by atoms with Gasteiger partial charge in [0.15, 0.2) is 0 Å². The Balaban J connectivity index is 2.65. The van der Waals surface area contributed by atoms with Gasteiger partial charge in [-0.25, -0.2) is 0 Å². The van der Waals surface area contributed by atoms with Gasteiger partial charge in [-0.1, -0.05) is 20.8 Å². The number of hydrogen-bond donors (Lipinski definition) is 0. The van der Waals surface area contributed by atoms with Crippen molar-refractivity contribution in [3.63, 3.8) is 0 Å². The molecule has 1 rings (SSSR count). The van der Waals surface area contributed by atoms with Gasteiger partial charge in [0.1, 0.15) is 11.7 Å². The summed E-state index contributed by atoms with van der Waals surface area (Å²) in [6.07, 6.45) is 1.17. The molecule has 0 aromatic rings. The molecule has 1 aliphatic carbocycles. The van der Waals surface area contributed by atoms with Crippen LogP contribution in [0.15, 0.2) is 0 Å². The lowest BCUT2D eigenvalue weighted by atomic mass is 9.79. The van der Waals surface area contributed by atoms with E-state index in [1.807, 2.05) is 0 Å². The number of carbonyl (C=O) groups excluding carboxylic acids is 2. The first kappa shape index (κ1) is 12.2. The van der Waals surface area contributed by atoms with Crippen molar-refractivity contribution < 1.29 is 14.3 Å². The lowest BCUT2D eigenvalue weighted by molar-refractivity contribution is -0.150. The highest BCUT2D eigenvalue weighted by molar-refractivity contribution is 6.00. The Morgan fingerprint density at radius 2 is 2.07 bits per heavy atom. The quantitative estimate of drug-likeness (QED) is 0.520. The minimum Gasteiger partial charge on any atom is -0.465 e. The van der Waals surface area contributed by atoms with Crippen LogP contribution in [0.2, 0.25) is 0 Å². The van der Waals surface area contributed by atoms with Crippen LogP contribution in [0.4, 0.5) is 0 Å². The molecule has 0 N–H and O–H groups in total. The van der Waals surface area contributed by atoms with E-state index in [4.69, 9.17) is 4.74 Å². The molecule has 0 unspecified atom stereocenters. The van der Waals surface area contributed by atoms with Crippen LogP contribution in [-0.2, 0) is 14.3 Å². The molecule has 0 amide bonds. The number of Topliss-reactive ketones (excluding diaryl/α,β-unsaturated/α-hetero) is 1. The van der Waals surface area contributed by atoms with Gasteiger partial charge in [-0.05, 0) is 24.7 Å². The van der Waals surface area contributed by atoms with Crippen LogP contribution in [-0.4, -0.2) is 18.4 Å². The summed E-state index contributed by atoms with van der Waals surface area (Å²) in [7, 11) is 0. The summed E-state index contributed by atoms with van der Waals surface area (Å²) in [6, 6.07) is 0. The van der Waals surface area contributed by atoms with Crippen molar-refractivity contribution in [1.82, 2.24) is 0 Å². The first-order valence-electron chi connectivity index (χ1n) is 5.55. The molecule has 1 saturated carbocycles. The fraction of sp³-hybridized carbons (Fsp3) is 0.833. The minimum atomic E-state index is -0.505. The maximum Gasteiger partial charge on any atom is 0.316 e. The molecule has 3 heteroatoms. The molecule has 86 valence electrons. The average molecular weight is 212 g/mol. The Kier molecular flexibility index (Phi) is 3.53. The van der Waals surface area contributed by atoms with Crippen LogP contribution >= 0.6 is 0 Å². The summed E-state index contributed by atoms with van der Waals surface area (Å²) >= 11 is 0. The summed E-state index contributed by atoms with van der Waals surface area (Å²) in [5, 5.41) is 0. The molecule has 0 saturated heterocycles. The second kappa shape index (κ2) is 4.33. The Hall–Kier alpha value is -0.860. The van der Waals surface area contributed by atoms with Crippen molar-refractivity contribution in [3.8, 4) is 0 Å². The Bertz CT molecular complexity index is 263. The van der Waals surface area contributed by atoms with Gasteiger partial charge < -0.3 is 4.74 Å². The number of rotatable bonds is 2. The third-order valence-electron chi connectivity index (χ3n) is 3.15. The van der Waals surface area contributed by atoms with Gasteiger partial charge in [0, 0.05) is 6.42 Å². The molecule has 0 aromatic heterocycles. The molecular formula is C12H20O3. The van der Waals surface area contributed by atoms with E-state index in [0.29, 0.717) is 25.4 Å². The van der Waals surface area contributed by atoms with E-state index in [0.717, 1.165) is 0 Å². The van der Waals surface area contributed by atoms with E-state index < -0.39 is 5.92 Å². The largest absolute Gasteiger partial charge is 0.465 e. The topological polar surface area (TPSA) is 43.4 Å². The van der Waals surface area contributed by atoms with Gasteiger partial charge in [0.2, 0.25) is 0 Å². The molecule has 0 heterocycles. The molecule has 0 aliphatic heterocycles. The van der Waals surface area contributed by atoms with E-state index >= 15 is 0 Å². The van der Waals surface area contributed by atoms with Crippen molar-refractivity contribution in [3.05, 3.63) is 0 Å². The van der Waals surface area contributed by atoms with Crippen LogP contribution in [0.1, 0.15) is 40.5 Å². The number of esters is 1. The summed E-state index contributed by atoms with van der Waals surface area (Å²) in [5.74, 6) is -0.490. The molecule has 0 spiro atoms. The SMILES string of the molecule is CCOC(=O)[C@H]1C[C@H](C(C)(C)C)CC1=O. The first-order chi connectivity index (χ1) is 6.86. The van der Waals surface area contributed by atoms with Crippen molar-refractivity contribution in [1.29, 1.82) is 0 Å². The van der Waals surface area contributed by atoms with Gasteiger partial charge in [0.05, 0.1) is 6.61 Å². The monoisotopic (exact) mass is 212 g/mol. The molecule has 1 fully saturated rings. The third kappa shape index (κ3) is 2.80. The summed E-state index contributed by atoms with van der Waals surface area (Å²) < 4.78 is 4.90. The van der Waals surface area contributed by atoms with E-state index in [1.165, 1.54) is 0 Å². The predicted octanol–water partition coefficient (Wildman–Crippen LogP) is 2.19. The van der Waals surface area contributed by atoms with Crippen molar-refractivity contribution in [2.45, 2.75) is 40.5 Å². The minimum absolute atomic E-state index is 0.0494. The van der Waals surface area contributed by atoms with Crippen molar-refractivity contribution >= 4 is 11.8 Å². The summed E-state index contributed by atoms with van der Waals surface area (Å²) in [4.78, 5) is 23.1. The molecule has 2 atom stereocenters. The van der Waals surface area contributed by atoms with Gasteiger partial charge in [-0.15, -0.1) is 0 Å². The Morgan fingerprint density at radius 1 is 1.47 bits per heavy atom. The van der Waals surface area contributed by atoms with Gasteiger partial charge >= 0.3 is 5.97 Å². The van der Waals surface area contributed by atoms with Crippen molar-refractivity contribution in [2.24, 2.45) is 17.3 Å². The van der Waals surface area contributed by atoms with Crippen LogP contribution in [0.25, 0.3) is 0 Å². The van der Waals surface area contributed by atoms with Crippen LogP contribution in [0.3, 0.4) is 0 Å². The maximum atomic E-state index is 11.6. The normalized spacial score (nSPS) is 26.8. The lowest BCUT2D eigenvalue weighted by Crippen LogP contribution is -2.22. The summed E-state index contributed by atoms with van der Waals surface area (Å²) in [5.41, 5.74) is 0.0942. The van der Waals surface area contributed by atoms with Crippen LogP contribution in [0.5, 0.6) is 0 Å². The van der Waals surface area contributed by atoms with E-state index in [-0.39, 0.29) is 17.2 Å². The van der Waals surface area contributed by atoms with Crippen LogP contribution < -0.4 is 0 Å². The number of hydrogen-bond acceptors (Lipinski definition) is 3. The van der Waals surface area contributed by atoms with E-state index in [9.17, 15) is 9.59 Å². The smallest absolute Gasteiger partial charge is 0.316 e. The van der Waals surface area contributed by atoms with Gasteiger partial charge in [-0.2, -0.15) is 0 Å². The molecule has 1 aliphatic rings. The molecular weight excluding hydrogens is 192 g/mol. The lowest BCUT2D eigenvalue weighted by Gasteiger charge is -2.25. The molecule has 3 nitrogen and oxygen atoms in total. The van der Waals surface area contributed by atoms with Crippen molar-refractivity contribution in [2.75, 3.05) is 6.61 Å². The highest BCUT2D eigenvalue weighted by Crippen LogP contribution is 2.40. The van der Waals surface area contributed by atoms with E-state index in [2.05, 4.69) is 20.8 Å². The van der Waals surface area contributed by atoms with Gasteiger partial charge in [0.25, 0.3) is 0 Å². The zero-order valence-corrected chi connectivity index (χ0v) is 10.0. The standard InChI is InChI=1S/C12H20O3/c1-5-15-11(14)9-6-8(7-10(9)13)12(2,3)4/h8-9H,5-7H2,1-4H3/t8-,9-/m0/s1. The molecule has 0 aromatic carbocycles. The zero-order valence-electron chi connectivity index (χ0n) is 10.0. The Labute approximate surface area is 91.2 Å². The highest BCUT2D eigenvalue weighted by atomic mass is 16.5. The average Bonchev–Trinajstić information content (AvgIpc) is 2.47. The maximum absolute atomic E-state index is 11.6. The van der Waals surface area contributed by atoms with Crippen LogP contribution in [0, 0.1) is 17.3 Å². The highest BCUT2D eigenvalue weighted by Gasteiger charge is 2.42. The molecule has 15 heavy (non-hydrogen) atoms. The summed E-state index contributed by atoms with van der Waals surface area (Å²) in [6.45, 7) is 8.44. The van der Waals surface area contributed by atoms with Gasteiger partial charge in [-0.3, -0.25) is 9.59 Å². The number of ketones is 1. The second-order valence-electron chi connectivity index (χ2n) is 5.27. The predicted molar refractivity (Wildman–Crippen MR) is 57.3 cm³/mol. The molecule has 0 radical (unpaired) electrons. The van der Waals surface area contributed by atoms with E-state index in [1.54, 1.807) is 6.92 Å². The first-order valence-corrected chi connectivity index (χ1v) is 5.55.